The van der Waals surface area contributed by atoms with Crippen molar-refractivity contribution in [3.8, 4) is 5.75 Å². The second kappa shape index (κ2) is 7.38. The van der Waals surface area contributed by atoms with E-state index in [4.69, 9.17) is 4.74 Å². The molecule has 1 aromatic rings. The van der Waals surface area contributed by atoms with Gasteiger partial charge in [0.05, 0.1) is 13.7 Å². The van der Waals surface area contributed by atoms with Gasteiger partial charge in [-0.05, 0) is 31.5 Å². The molecule has 0 amide bonds. The van der Waals surface area contributed by atoms with Crippen LogP contribution in [0.2, 0.25) is 0 Å². The van der Waals surface area contributed by atoms with Gasteiger partial charge in [-0.25, -0.2) is 4.39 Å². The molecule has 0 saturated heterocycles. The first-order valence-corrected chi connectivity index (χ1v) is 7.02. The van der Waals surface area contributed by atoms with Crippen molar-refractivity contribution in [2.24, 2.45) is 0 Å². The topological polar surface area (TPSA) is 29.5 Å². The average molecular weight is 271 g/mol. The van der Waals surface area contributed by atoms with Crippen LogP contribution < -0.4 is 4.74 Å². The van der Waals surface area contributed by atoms with Gasteiger partial charge < -0.3 is 4.74 Å². The molecule has 0 aliphatic rings. The Kier molecular flexibility index (Phi) is 6.15. The summed E-state index contributed by atoms with van der Waals surface area (Å²) in [7, 11) is 3.28. The van der Waals surface area contributed by atoms with Crippen LogP contribution in [0.4, 0.5) is 4.39 Å². The van der Waals surface area contributed by atoms with Crippen molar-refractivity contribution in [3.05, 3.63) is 29.6 Å². The van der Waals surface area contributed by atoms with Gasteiger partial charge in [-0.3, -0.25) is 9.69 Å². The van der Waals surface area contributed by atoms with Crippen molar-refractivity contribution < 1.29 is 13.9 Å². The maximum Gasteiger partial charge on any atom is 0.176 e. The maximum absolute atomic E-state index is 13.5. The number of halogens is 1. The summed E-state index contributed by atoms with van der Waals surface area (Å²) < 4.78 is 18.3. The Morgan fingerprint density at radius 2 is 2.22 bits per heavy atom. The van der Waals surface area contributed by atoms with Crippen LogP contribution in [-0.4, -0.2) is 49.9 Å². The van der Waals surface area contributed by atoms with Gasteiger partial charge in [-0.2, -0.15) is 11.8 Å². The zero-order valence-electron chi connectivity index (χ0n) is 10.9. The molecule has 5 heteroatoms. The van der Waals surface area contributed by atoms with Crippen molar-refractivity contribution in [2.75, 3.05) is 39.3 Å². The third-order valence-electron chi connectivity index (χ3n) is 2.56. The van der Waals surface area contributed by atoms with Gasteiger partial charge in [-0.1, -0.05) is 0 Å². The quantitative estimate of drug-likeness (QED) is 0.712. The van der Waals surface area contributed by atoms with Gasteiger partial charge in [0.1, 0.15) is 0 Å². The SMILES string of the molecule is COc1ccc(C(=O)CN(C)CCSC)cc1F. The molecule has 0 aliphatic carbocycles. The van der Waals surface area contributed by atoms with E-state index in [1.807, 2.05) is 18.2 Å². The second-order valence-electron chi connectivity index (χ2n) is 4.00. The summed E-state index contributed by atoms with van der Waals surface area (Å²) in [5, 5.41) is 0. The summed E-state index contributed by atoms with van der Waals surface area (Å²) in [6.07, 6.45) is 2.02. The molecule has 0 bridgehead atoms. The number of ether oxygens (including phenoxy) is 1. The third-order valence-corrected chi connectivity index (χ3v) is 3.16. The Morgan fingerprint density at radius 1 is 1.50 bits per heavy atom. The smallest absolute Gasteiger partial charge is 0.176 e. The number of Topliss-reactive ketones (excluding diaryl/α,β-unsaturated/α-hetero) is 1. The van der Waals surface area contributed by atoms with E-state index >= 15 is 0 Å². The van der Waals surface area contributed by atoms with Crippen molar-refractivity contribution in [1.29, 1.82) is 0 Å². The number of methoxy groups -OCH3 is 1. The normalized spacial score (nSPS) is 10.7. The predicted molar refractivity (Wildman–Crippen MR) is 73.2 cm³/mol. The van der Waals surface area contributed by atoms with Gasteiger partial charge in [0.2, 0.25) is 0 Å². The lowest BCUT2D eigenvalue weighted by Crippen LogP contribution is -2.28. The molecule has 0 aliphatic heterocycles. The molecule has 0 radical (unpaired) electrons. The highest BCUT2D eigenvalue weighted by molar-refractivity contribution is 7.98. The van der Waals surface area contributed by atoms with Gasteiger partial charge >= 0.3 is 0 Å². The molecule has 0 saturated carbocycles. The van der Waals surface area contributed by atoms with Crippen LogP contribution in [0.5, 0.6) is 5.75 Å². The minimum absolute atomic E-state index is 0.0832. The maximum atomic E-state index is 13.5. The number of ketones is 1. The number of benzene rings is 1. The zero-order valence-corrected chi connectivity index (χ0v) is 11.7. The van der Waals surface area contributed by atoms with Crippen LogP contribution in [-0.2, 0) is 0 Å². The van der Waals surface area contributed by atoms with Crippen LogP contribution in [0.25, 0.3) is 0 Å². The molecule has 0 heterocycles. The molecule has 1 aromatic carbocycles. The van der Waals surface area contributed by atoms with Crippen molar-refractivity contribution >= 4 is 17.5 Å². The number of nitrogens with zero attached hydrogens (tertiary/aromatic N) is 1. The number of thioether (sulfide) groups is 1. The van der Waals surface area contributed by atoms with Gasteiger partial charge in [0.25, 0.3) is 0 Å². The van der Waals surface area contributed by atoms with E-state index in [1.54, 1.807) is 17.8 Å². The molecule has 0 aromatic heterocycles. The lowest BCUT2D eigenvalue weighted by molar-refractivity contribution is 0.0949. The molecule has 18 heavy (non-hydrogen) atoms. The van der Waals surface area contributed by atoms with E-state index < -0.39 is 5.82 Å². The van der Waals surface area contributed by atoms with E-state index in [0.717, 1.165) is 12.3 Å². The minimum atomic E-state index is -0.505. The highest BCUT2D eigenvalue weighted by Crippen LogP contribution is 2.18. The number of hydrogen-bond donors (Lipinski definition) is 0. The molecular formula is C13H18FNO2S. The summed E-state index contributed by atoms with van der Waals surface area (Å²) >= 11 is 1.73. The highest BCUT2D eigenvalue weighted by atomic mass is 32.2. The van der Waals surface area contributed by atoms with E-state index in [0.29, 0.717) is 12.1 Å². The predicted octanol–water partition coefficient (Wildman–Crippen LogP) is 2.31. The van der Waals surface area contributed by atoms with Crippen LogP contribution in [0.15, 0.2) is 18.2 Å². The second-order valence-corrected chi connectivity index (χ2v) is 4.99. The van der Waals surface area contributed by atoms with E-state index in [2.05, 4.69) is 0 Å². The first kappa shape index (κ1) is 15.0. The van der Waals surface area contributed by atoms with Crippen LogP contribution in [0.3, 0.4) is 0 Å². The Balaban J connectivity index is 2.64. The Morgan fingerprint density at radius 3 is 2.78 bits per heavy atom. The van der Waals surface area contributed by atoms with Gasteiger partial charge in [0.15, 0.2) is 17.3 Å². The molecule has 100 valence electrons. The fourth-order valence-corrected chi connectivity index (χ4v) is 2.00. The number of hydrogen-bond acceptors (Lipinski definition) is 4. The molecule has 0 unspecified atom stereocenters. The first-order valence-electron chi connectivity index (χ1n) is 5.62. The number of likely N-dealkylation sites (N-methyl/N-ethyl adjacent to an activating group) is 1. The summed E-state index contributed by atoms with van der Waals surface area (Å²) in [5.74, 6) is 0.540. The lowest BCUT2D eigenvalue weighted by Gasteiger charge is -2.15. The average Bonchev–Trinajstić information content (AvgIpc) is 2.36. The first-order chi connectivity index (χ1) is 8.58. The van der Waals surface area contributed by atoms with Gasteiger partial charge in [0, 0.05) is 17.9 Å². The third kappa shape index (κ3) is 4.31. The summed E-state index contributed by atoms with van der Waals surface area (Å²) in [4.78, 5) is 13.8. The molecule has 0 atom stereocenters. The highest BCUT2D eigenvalue weighted by Gasteiger charge is 2.12. The molecule has 1 rings (SSSR count). The molecule has 0 fully saturated rings. The number of rotatable bonds is 7. The summed E-state index contributed by atoms with van der Waals surface area (Å²) in [5.41, 5.74) is 0.379. The molecule has 0 N–H and O–H groups in total. The molecule has 3 nitrogen and oxygen atoms in total. The van der Waals surface area contributed by atoms with Crippen molar-refractivity contribution in [2.45, 2.75) is 0 Å². The van der Waals surface area contributed by atoms with E-state index in [-0.39, 0.29) is 11.5 Å². The van der Waals surface area contributed by atoms with Crippen LogP contribution >= 0.6 is 11.8 Å². The van der Waals surface area contributed by atoms with E-state index in [1.165, 1.54) is 19.2 Å². The lowest BCUT2D eigenvalue weighted by atomic mass is 10.1. The fraction of sp³-hybridized carbons (Fsp3) is 0.462. The number of carbonyl (C=O) groups is 1. The Hall–Kier alpha value is -1.07. The Bertz CT molecular complexity index is 412. The zero-order chi connectivity index (χ0) is 13.5. The summed E-state index contributed by atoms with van der Waals surface area (Å²) in [6, 6.07) is 4.29. The largest absolute Gasteiger partial charge is 0.494 e. The van der Waals surface area contributed by atoms with E-state index in [9.17, 15) is 9.18 Å². The number of carbonyl (C=O) groups excluding carboxylic acids is 1. The van der Waals surface area contributed by atoms with Crippen molar-refractivity contribution in [1.82, 2.24) is 4.90 Å². The Labute approximate surface area is 111 Å². The molecule has 0 spiro atoms. The summed E-state index contributed by atoms with van der Waals surface area (Å²) in [6.45, 7) is 1.14. The minimum Gasteiger partial charge on any atom is -0.494 e. The van der Waals surface area contributed by atoms with Crippen LogP contribution in [0.1, 0.15) is 10.4 Å². The standard InChI is InChI=1S/C13H18FNO2S/c1-15(6-7-18-3)9-12(16)10-4-5-13(17-2)11(14)8-10/h4-5,8H,6-7,9H2,1-3H3. The van der Waals surface area contributed by atoms with Crippen LogP contribution in [0, 0.1) is 5.82 Å². The van der Waals surface area contributed by atoms with Gasteiger partial charge in [-0.15, -0.1) is 0 Å². The monoisotopic (exact) mass is 271 g/mol. The fourth-order valence-electron chi connectivity index (χ4n) is 1.50. The van der Waals surface area contributed by atoms with Crippen molar-refractivity contribution in [3.63, 3.8) is 0 Å². The molecular weight excluding hydrogens is 253 g/mol.